The van der Waals surface area contributed by atoms with Crippen LogP contribution in [0.3, 0.4) is 0 Å². The van der Waals surface area contributed by atoms with Gasteiger partial charge in [0.2, 0.25) is 0 Å². The van der Waals surface area contributed by atoms with Crippen molar-refractivity contribution in [3.8, 4) is 0 Å². The van der Waals surface area contributed by atoms with Crippen molar-refractivity contribution < 1.29 is 22.9 Å². The van der Waals surface area contributed by atoms with Crippen LogP contribution < -0.4 is 0 Å². The van der Waals surface area contributed by atoms with Gasteiger partial charge in [0.15, 0.2) is 0 Å². The van der Waals surface area contributed by atoms with Crippen LogP contribution in [0.1, 0.15) is 35.0 Å². The normalized spacial score (nSPS) is 18.9. The summed E-state index contributed by atoms with van der Waals surface area (Å²) in [5, 5.41) is 0. The first-order valence-corrected chi connectivity index (χ1v) is 12.3. The number of hydrogen-bond acceptors (Lipinski definition) is 0. The second-order valence-corrected chi connectivity index (χ2v) is 15.2. The summed E-state index contributed by atoms with van der Waals surface area (Å²) in [4.78, 5) is 0. The molecule has 0 atom stereocenters. The molecule has 0 saturated heterocycles. The van der Waals surface area contributed by atoms with E-state index in [1.54, 1.807) is 0 Å². The molecule has 0 aliphatic heterocycles. The predicted octanol–water partition coefficient (Wildman–Crippen LogP) is 4.87. The van der Waals surface area contributed by atoms with E-state index in [1.807, 2.05) is 6.66 Å². The molecule has 0 fully saturated rings. The summed E-state index contributed by atoms with van der Waals surface area (Å²) in [6, 6.07) is 0. The Hall–Kier alpha value is -0.170. The fourth-order valence-corrected chi connectivity index (χ4v) is 14.0. The summed E-state index contributed by atoms with van der Waals surface area (Å²) in [7, 11) is 0. The van der Waals surface area contributed by atoms with Gasteiger partial charge in [-0.3, -0.25) is 0 Å². The fraction of sp³-hybridized carbons (Fsp3) is 0.467. The van der Waals surface area contributed by atoms with E-state index in [2.05, 4.69) is 57.2 Å². The molecule has 0 saturated carbocycles. The zero-order valence-electron chi connectivity index (χ0n) is 11.6. The molecule has 0 nitrogen and oxygen atoms in total. The second kappa shape index (κ2) is 5.00. The zero-order chi connectivity index (χ0) is 11.6. The van der Waals surface area contributed by atoms with Crippen LogP contribution in [-0.2, 0) is 21.4 Å². The molecule has 2 aliphatic carbocycles. The van der Waals surface area contributed by atoms with Gasteiger partial charge in [0.1, 0.15) is 0 Å². The molecule has 0 aromatic rings. The maximum absolute atomic E-state index is 2.41. The van der Waals surface area contributed by atoms with Crippen molar-refractivity contribution in [3.05, 3.63) is 43.1 Å². The molecule has 2 rings (SSSR count). The predicted molar refractivity (Wildman–Crippen MR) is 69.1 cm³/mol. The van der Waals surface area contributed by atoms with Crippen molar-refractivity contribution in [2.45, 2.75) is 37.8 Å². The maximum atomic E-state index is 2.41. The van der Waals surface area contributed by atoms with Gasteiger partial charge >= 0.3 is 108 Å². The Morgan fingerprint density at radius 2 is 1.56 bits per heavy atom. The van der Waals surface area contributed by atoms with Crippen LogP contribution >= 0.6 is 0 Å². The SMILES string of the molecule is CC(C)(C)[CH2][Hf]([C]1=CC=CC1)[C]1=CC=CC1.[H-]. The minimum Gasteiger partial charge on any atom is -1.00 e. The van der Waals surface area contributed by atoms with Crippen LogP contribution in [0.4, 0.5) is 0 Å². The van der Waals surface area contributed by atoms with Crippen molar-refractivity contribution >= 4 is 0 Å². The van der Waals surface area contributed by atoms with Gasteiger partial charge in [-0.05, 0) is 0 Å². The summed E-state index contributed by atoms with van der Waals surface area (Å²) in [5.41, 5.74) is 0.495. The van der Waals surface area contributed by atoms with E-state index in [0.717, 1.165) is 0 Å². The van der Waals surface area contributed by atoms with E-state index in [4.69, 9.17) is 0 Å². The summed E-state index contributed by atoms with van der Waals surface area (Å²) < 4.78 is 5.10. The fourth-order valence-electron chi connectivity index (χ4n) is 2.31. The molecule has 0 spiro atoms. The molecule has 0 unspecified atom stereocenters. The molecule has 0 N–H and O–H groups in total. The molecule has 0 aromatic heterocycles. The quantitative estimate of drug-likeness (QED) is 0.613. The standard InChI is InChI=1S/2C5H5.C5H11.Hf.H/c2*1-2-4-5-3-1;1-5(2,3)4;;/h2*1-3H,4H2;1H2,2-4H3;;/q;;;;-1. The second-order valence-electron chi connectivity index (χ2n) is 5.86. The van der Waals surface area contributed by atoms with E-state index in [9.17, 15) is 0 Å². The van der Waals surface area contributed by atoms with Crippen LogP contribution in [0.25, 0.3) is 0 Å². The Bertz CT molecular complexity index is 350. The Labute approximate surface area is 109 Å². The van der Waals surface area contributed by atoms with Crippen molar-refractivity contribution in [1.29, 1.82) is 0 Å². The average Bonchev–Trinajstić information content (AvgIpc) is 2.86. The Morgan fingerprint density at radius 1 is 1.06 bits per heavy atom. The largest absolute Gasteiger partial charge is 1.00 e. The molecular formula is C15H22Hf-. The number of allylic oxidation sites excluding steroid dienone is 8. The molecule has 1 heteroatoms. The van der Waals surface area contributed by atoms with Crippen LogP contribution in [0, 0.1) is 5.41 Å². The molecule has 2 aliphatic rings. The third-order valence-corrected chi connectivity index (χ3v) is 16.3. The number of rotatable bonds is 3. The summed E-state index contributed by atoms with van der Waals surface area (Å²) in [5.74, 6) is 0. The Morgan fingerprint density at radius 3 is 1.88 bits per heavy atom. The van der Waals surface area contributed by atoms with E-state index in [1.165, 1.54) is 17.0 Å². The Balaban J connectivity index is 0.00000144. The van der Waals surface area contributed by atoms with Gasteiger partial charge < -0.3 is 1.43 Å². The first-order valence-electron chi connectivity index (χ1n) is 6.14. The smallest absolute Gasteiger partial charge is 1.00 e. The molecule has 16 heavy (non-hydrogen) atoms. The van der Waals surface area contributed by atoms with E-state index in [-0.39, 0.29) is 1.43 Å². The minimum atomic E-state index is -1.68. The molecule has 0 aromatic carbocycles. The third kappa shape index (κ3) is 3.16. The number of hydrogen-bond donors (Lipinski definition) is 0. The van der Waals surface area contributed by atoms with Gasteiger partial charge in [0.05, 0.1) is 0 Å². The van der Waals surface area contributed by atoms with Gasteiger partial charge in [0, 0.05) is 0 Å². The molecular weight excluding hydrogens is 359 g/mol. The van der Waals surface area contributed by atoms with Crippen LogP contribution in [0.2, 0.25) is 4.18 Å². The van der Waals surface area contributed by atoms with Gasteiger partial charge in [0.25, 0.3) is 0 Å². The van der Waals surface area contributed by atoms with Crippen molar-refractivity contribution in [3.63, 3.8) is 0 Å². The first kappa shape index (κ1) is 12.3. The van der Waals surface area contributed by atoms with Gasteiger partial charge in [-0.1, -0.05) is 0 Å². The molecule has 0 radical (unpaired) electrons. The van der Waals surface area contributed by atoms with Crippen molar-refractivity contribution in [2.24, 2.45) is 5.41 Å². The zero-order valence-corrected chi connectivity index (χ0v) is 14.2. The molecule has 0 amide bonds. The summed E-state index contributed by atoms with van der Waals surface area (Å²) >= 11 is -1.68. The Kier molecular flexibility index (Phi) is 3.84. The van der Waals surface area contributed by atoms with Crippen LogP contribution in [0.5, 0.6) is 0 Å². The monoisotopic (exact) mass is 382 g/mol. The van der Waals surface area contributed by atoms with E-state index in [0.29, 0.717) is 5.41 Å². The molecule has 0 heterocycles. The van der Waals surface area contributed by atoms with Gasteiger partial charge in [-0.25, -0.2) is 0 Å². The molecule has 87 valence electrons. The van der Waals surface area contributed by atoms with Gasteiger partial charge in [-0.2, -0.15) is 0 Å². The molecule has 0 bridgehead atoms. The summed E-state index contributed by atoms with van der Waals surface area (Å²) in [6.07, 6.45) is 16.5. The van der Waals surface area contributed by atoms with Crippen LogP contribution in [0.15, 0.2) is 43.1 Å². The van der Waals surface area contributed by atoms with Crippen LogP contribution in [-0.4, -0.2) is 0 Å². The maximum Gasteiger partial charge on any atom is -1.00 e. The topological polar surface area (TPSA) is 0 Å². The minimum absolute atomic E-state index is 0. The first-order chi connectivity index (χ1) is 7.56. The third-order valence-electron chi connectivity index (χ3n) is 3.02. The van der Waals surface area contributed by atoms with E-state index >= 15 is 0 Å². The van der Waals surface area contributed by atoms with E-state index < -0.39 is 21.4 Å². The van der Waals surface area contributed by atoms with Crippen molar-refractivity contribution in [2.75, 3.05) is 0 Å². The van der Waals surface area contributed by atoms with Gasteiger partial charge in [-0.15, -0.1) is 0 Å². The average molecular weight is 381 g/mol. The summed E-state index contributed by atoms with van der Waals surface area (Å²) in [6.45, 7) is 7.18. The van der Waals surface area contributed by atoms with Crippen molar-refractivity contribution in [1.82, 2.24) is 0 Å².